The van der Waals surface area contributed by atoms with Crippen LogP contribution in [0.2, 0.25) is 0 Å². The summed E-state index contributed by atoms with van der Waals surface area (Å²) in [5.41, 5.74) is 6.97. The van der Waals surface area contributed by atoms with E-state index in [4.69, 9.17) is 10.5 Å². The van der Waals surface area contributed by atoms with Crippen molar-refractivity contribution in [3.63, 3.8) is 0 Å². The predicted molar refractivity (Wildman–Crippen MR) is 84.9 cm³/mol. The van der Waals surface area contributed by atoms with E-state index in [1.165, 1.54) is 6.42 Å². The average molecular weight is 289 g/mol. The second-order valence-electron chi connectivity index (χ2n) is 7.17. The third-order valence-corrected chi connectivity index (χ3v) is 4.35. The van der Waals surface area contributed by atoms with Crippen molar-refractivity contribution in [2.24, 2.45) is 17.1 Å². The molecule has 3 nitrogen and oxygen atoms in total. The number of hydrogen-bond donors (Lipinski definition) is 1. The molecule has 3 unspecified atom stereocenters. The van der Waals surface area contributed by atoms with Gasteiger partial charge in [0.15, 0.2) is 0 Å². The molecule has 21 heavy (non-hydrogen) atoms. The first-order valence-electron chi connectivity index (χ1n) is 7.87. The summed E-state index contributed by atoms with van der Waals surface area (Å²) < 4.78 is 5.79. The van der Waals surface area contributed by atoms with Gasteiger partial charge in [-0.1, -0.05) is 51.1 Å². The van der Waals surface area contributed by atoms with E-state index < -0.39 is 0 Å². The predicted octanol–water partition coefficient (Wildman–Crippen LogP) is 3.49. The molecule has 0 aromatic heterocycles. The average Bonchev–Trinajstić information content (AvgIpc) is 2.38. The van der Waals surface area contributed by atoms with Crippen LogP contribution in [0.25, 0.3) is 0 Å². The molecule has 1 aromatic carbocycles. The molecular formula is C18H27NO2. The molecule has 2 N–H and O–H groups in total. The molecule has 0 heterocycles. The second kappa shape index (κ2) is 6.61. The summed E-state index contributed by atoms with van der Waals surface area (Å²) in [6.07, 6.45) is 3.12. The summed E-state index contributed by atoms with van der Waals surface area (Å²) >= 11 is 0. The lowest BCUT2D eigenvalue weighted by Crippen LogP contribution is -2.36. The Labute approximate surface area is 127 Å². The fourth-order valence-corrected chi connectivity index (χ4v) is 3.65. The standard InChI is InChI=1S/C18H27NO2/c1-13-9-15(11-18(2,3)10-13)21-17(20)16(12-19)14-7-5-4-6-8-14/h4-8,13,15-16H,9-12,19H2,1-3H3. The van der Waals surface area contributed by atoms with Crippen molar-refractivity contribution < 1.29 is 9.53 Å². The molecule has 0 spiro atoms. The molecule has 116 valence electrons. The van der Waals surface area contributed by atoms with Crippen molar-refractivity contribution in [2.45, 2.75) is 52.1 Å². The van der Waals surface area contributed by atoms with Crippen molar-refractivity contribution >= 4 is 5.97 Å². The maximum absolute atomic E-state index is 12.5. The van der Waals surface area contributed by atoms with Crippen LogP contribution in [0.1, 0.15) is 51.5 Å². The zero-order valence-corrected chi connectivity index (χ0v) is 13.3. The normalized spacial score (nSPS) is 26.1. The zero-order chi connectivity index (χ0) is 15.5. The van der Waals surface area contributed by atoms with Gasteiger partial charge in [0.1, 0.15) is 6.10 Å². The summed E-state index contributed by atoms with van der Waals surface area (Å²) in [5.74, 6) is 0.0600. The fourth-order valence-electron chi connectivity index (χ4n) is 3.65. The number of hydrogen-bond acceptors (Lipinski definition) is 3. The highest BCUT2D eigenvalue weighted by Gasteiger charge is 2.35. The zero-order valence-electron chi connectivity index (χ0n) is 13.3. The molecular weight excluding hydrogens is 262 g/mol. The maximum Gasteiger partial charge on any atom is 0.314 e. The van der Waals surface area contributed by atoms with E-state index >= 15 is 0 Å². The SMILES string of the molecule is CC1CC(OC(=O)C(CN)c2ccccc2)CC(C)(C)C1. The summed E-state index contributed by atoms with van der Waals surface area (Å²) in [7, 11) is 0. The molecule has 3 heteroatoms. The molecule has 0 aliphatic heterocycles. The number of esters is 1. The lowest BCUT2D eigenvalue weighted by Gasteiger charge is -2.38. The van der Waals surface area contributed by atoms with Gasteiger partial charge in [-0.25, -0.2) is 0 Å². The molecule has 1 saturated carbocycles. The lowest BCUT2D eigenvalue weighted by molar-refractivity contribution is -0.155. The molecule has 0 radical (unpaired) electrons. The minimum Gasteiger partial charge on any atom is -0.462 e. The Balaban J connectivity index is 2.03. The van der Waals surface area contributed by atoms with Crippen LogP contribution in [0.4, 0.5) is 0 Å². The van der Waals surface area contributed by atoms with Gasteiger partial charge in [-0.3, -0.25) is 4.79 Å². The van der Waals surface area contributed by atoms with E-state index in [2.05, 4.69) is 20.8 Å². The summed E-state index contributed by atoms with van der Waals surface area (Å²) in [6.45, 7) is 7.02. The van der Waals surface area contributed by atoms with E-state index in [-0.39, 0.29) is 30.0 Å². The lowest BCUT2D eigenvalue weighted by atomic mass is 9.71. The van der Waals surface area contributed by atoms with Gasteiger partial charge in [-0.2, -0.15) is 0 Å². The monoisotopic (exact) mass is 289 g/mol. The molecule has 3 atom stereocenters. The Hall–Kier alpha value is -1.35. The van der Waals surface area contributed by atoms with E-state index in [1.54, 1.807) is 0 Å². The third kappa shape index (κ3) is 4.31. The highest BCUT2D eigenvalue weighted by molar-refractivity contribution is 5.78. The van der Waals surface area contributed by atoms with Crippen LogP contribution in [0.15, 0.2) is 30.3 Å². The molecule has 1 aromatic rings. The molecule has 1 fully saturated rings. The summed E-state index contributed by atoms with van der Waals surface area (Å²) in [6, 6.07) is 9.67. The van der Waals surface area contributed by atoms with E-state index in [0.717, 1.165) is 18.4 Å². The number of carbonyl (C=O) groups is 1. The van der Waals surface area contributed by atoms with Gasteiger partial charge in [0.05, 0.1) is 5.92 Å². The molecule has 0 bridgehead atoms. The molecule has 2 rings (SSSR count). The maximum atomic E-state index is 12.5. The number of carbonyl (C=O) groups excluding carboxylic acids is 1. The Morgan fingerprint density at radius 1 is 1.33 bits per heavy atom. The van der Waals surface area contributed by atoms with E-state index in [0.29, 0.717) is 5.92 Å². The molecule has 1 aliphatic rings. The van der Waals surface area contributed by atoms with Crippen LogP contribution >= 0.6 is 0 Å². The highest BCUT2D eigenvalue weighted by Crippen LogP contribution is 2.40. The number of rotatable bonds is 4. The van der Waals surface area contributed by atoms with Crippen molar-refractivity contribution in [2.75, 3.05) is 6.54 Å². The Bertz CT molecular complexity index is 469. The minimum atomic E-state index is -0.355. The first kappa shape index (κ1) is 16.0. The van der Waals surface area contributed by atoms with E-state index in [9.17, 15) is 4.79 Å². The van der Waals surface area contributed by atoms with Gasteiger partial charge in [0.25, 0.3) is 0 Å². The van der Waals surface area contributed by atoms with Gasteiger partial charge in [0, 0.05) is 6.54 Å². The van der Waals surface area contributed by atoms with E-state index in [1.807, 2.05) is 30.3 Å². The van der Waals surface area contributed by atoms with Crippen molar-refractivity contribution in [1.29, 1.82) is 0 Å². The minimum absolute atomic E-state index is 0.0222. The first-order chi connectivity index (χ1) is 9.91. The molecule has 0 saturated heterocycles. The van der Waals surface area contributed by atoms with Crippen LogP contribution in [0, 0.1) is 11.3 Å². The largest absolute Gasteiger partial charge is 0.462 e. The van der Waals surface area contributed by atoms with Gasteiger partial charge in [-0.05, 0) is 36.2 Å². The third-order valence-electron chi connectivity index (χ3n) is 4.35. The van der Waals surface area contributed by atoms with Gasteiger partial charge < -0.3 is 10.5 Å². The Morgan fingerprint density at radius 3 is 2.57 bits per heavy atom. The number of ether oxygens (including phenoxy) is 1. The number of benzene rings is 1. The van der Waals surface area contributed by atoms with Crippen molar-refractivity contribution in [1.82, 2.24) is 0 Å². The number of nitrogens with two attached hydrogens (primary N) is 1. The quantitative estimate of drug-likeness (QED) is 0.863. The van der Waals surface area contributed by atoms with Crippen LogP contribution in [-0.2, 0) is 9.53 Å². The summed E-state index contributed by atoms with van der Waals surface area (Å²) in [4.78, 5) is 12.5. The topological polar surface area (TPSA) is 52.3 Å². The van der Waals surface area contributed by atoms with Crippen molar-refractivity contribution in [3.8, 4) is 0 Å². The van der Waals surface area contributed by atoms with Crippen molar-refractivity contribution in [3.05, 3.63) is 35.9 Å². The Morgan fingerprint density at radius 2 is 2.00 bits per heavy atom. The van der Waals surface area contributed by atoms with Crippen LogP contribution in [0.5, 0.6) is 0 Å². The van der Waals surface area contributed by atoms with Crippen LogP contribution < -0.4 is 5.73 Å². The van der Waals surface area contributed by atoms with Crippen LogP contribution in [0.3, 0.4) is 0 Å². The van der Waals surface area contributed by atoms with Gasteiger partial charge >= 0.3 is 5.97 Å². The Kier molecular flexibility index (Phi) is 5.04. The second-order valence-corrected chi connectivity index (χ2v) is 7.17. The smallest absolute Gasteiger partial charge is 0.314 e. The molecule has 1 aliphatic carbocycles. The van der Waals surface area contributed by atoms with Gasteiger partial charge in [-0.15, -0.1) is 0 Å². The van der Waals surface area contributed by atoms with Crippen LogP contribution in [-0.4, -0.2) is 18.6 Å². The fraction of sp³-hybridized carbons (Fsp3) is 0.611. The first-order valence-corrected chi connectivity index (χ1v) is 7.87. The van der Waals surface area contributed by atoms with Gasteiger partial charge in [0.2, 0.25) is 0 Å². The summed E-state index contributed by atoms with van der Waals surface area (Å²) in [5, 5.41) is 0. The molecule has 0 amide bonds. The highest BCUT2D eigenvalue weighted by atomic mass is 16.5.